The molecule has 1 amide bonds. The molecule has 0 aliphatic heterocycles. The summed E-state index contributed by atoms with van der Waals surface area (Å²) in [4.78, 5) is 32.4. The highest BCUT2D eigenvalue weighted by Gasteiger charge is 2.17. The van der Waals surface area contributed by atoms with Crippen LogP contribution in [0.15, 0.2) is 64.5 Å². The van der Waals surface area contributed by atoms with Crippen molar-refractivity contribution in [1.82, 2.24) is 9.55 Å². The number of aromatic nitrogens is 2. The van der Waals surface area contributed by atoms with E-state index in [9.17, 15) is 9.59 Å². The first-order valence-corrected chi connectivity index (χ1v) is 11.9. The number of thioether (sulfide) groups is 1. The maximum absolute atomic E-state index is 13.3. The lowest BCUT2D eigenvalue weighted by Gasteiger charge is -2.12. The molecule has 0 saturated carbocycles. The van der Waals surface area contributed by atoms with Crippen LogP contribution in [0.4, 0.5) is 5.69 Å². The lowest BCUT2D eigenvalue weighted by molar-refractivity contribution is -0.113. The van der Waals surface area contributed by atoms with E-state index < -0.39 is 0 Å². The van der Waals surface area contributed by atoms with Crippen LogP contribution in [0.25, 0.3) is 15.9 Å². The zero-order chi connectivity index (χ0) is 22.0. The lowest BCUT2D eigenvalue weighted by Crippen LogP contribution is -2.22. The fourth-order valence-electron chi connectivity index (χ4n) is 3.13. The number of para-hydroxylation sites is 1. The second kappa shape index (κ2) is 9.26. The van der Waals surface area contributed by atoms with E-state index in [4.69, 9.17) is 16.6 Å². The summed E-state index contributed by atoms with van der Waals surface area (Å²) in [5.41, 5.74) is 2.20. The minimum Gasteiger partial charge on any atom is -0.325 e. The van der Waals surface area contributed by atoms with E-state index >= 15 is 0 Å². The maximum atomic E-state index is 13.3. The summed E-state index contributed by atoms with van der Waals surface area (Å²) in [5, 5.41) is 4.54. The summed E-state index contributed by atoms with van der Waals surface area (Å²) >= 11 is 8.80. The molecule has 4 aromatic rings. The molecule has 2 heterocycles. The van der Waals surface area contributed by atoms with E-state index in [0.717, 1.165) is 22.5 Å². The molecule has 0 unspecified atom stereocenters. The van der Waals surface area contributed by atoms with Gasteiger partial charge >= 0.3 is 0 Å². The number of nitrogens with one attached hydrogen (secondary N) is 1. The van der Waals surface area contributed by atoms with Gasteiger partial charge in [-0.25, -0.2) is 4.98 Å². The molecule has 2 aromatic carbocycles. The van der Waals surface area contributed by atoms with Gasteiger partial charge in [-0.2, -0.15) is 0 Å². The Balaban J connectivity index is 1.67. The number of carbonyl (C=O) groups is 1. The fourth-order valence-corrected chi connectivity index (χ4v) is 5.13. The molecule has 0 bridgehead atoms. The smallest absolute Gasteiger partial charge is 0.267 e. The molecule has 0 atom stereocenters. The van der Waals surface area contributed by atoms with Crippen molar-refractivity contribution >= 4 is 56.5 Å². The third-order valence-corrected chi connectivity index (χ3v) is 7.10. The van der Waals surface area contributed by atoms with Gasteiger partial charge in [-0.05, 0) is 49.2 Å². The number of thiophene rings is 1. The molecule has 8 heteroatoms. The number of anilines is 1. The Hall–Kier alpha value is -2.61. The van der Waals surface area contributed by atoms with Gasteiger partial charge in [0.25, 0.3) is 5.56 Å². The normalized spacial score (nSPS) is 11.1. The quantitative estimate of drug-likeness (QED) is 0.290. The number of benzene rings is 2. The zero-order valence-corrected chi connectivity index (χ0v) is 19.4. The number of aryl methyl sites for hydroxylation is 2. The molecular formula is C23H20ClN3O2S2. The molecule has 4 rings (SSSR count). The Labute approximate surface area is 193 Å². The number of fused-ring (bicyclic) bond motifs is 1. The second-order valence-corrected chi connectivity index (χ2v) is 9.45. The van der Waals surface area contributed by atoms with Crippen LogP contribution in [0, 0.1) is 6.92 Å². The highest BCUT2D eigenvalue weighted by molar-refractivity contribution is 7.99. The van der Waals surface area contributed by atoms with Crippen molar-refractivity contribution in [3.8, 4) is 5.69 Å². The number of nitrogens with zero attached hydrogens (tertiary/aromatic N) is 2. The van der Waals surface area contributed by atoms with Crippen molar-refractivity contribution in [2.75, 3.05) is 11.1 Å². The third kappa shape index (κ3) is 4.69. The van der Waals surface area contributed by atoms with Crippen molar-refractivity contribution < 1.29 is 4.79 Å². The SMILES string of the molecule is CCc1cc2c(=O)n(-c3ccccc3)c(SCC(=O)Nc3cc(Cl)ccc3C)nc2s1. The molecule has 0 fully saturated rings. The molecule has 0 spiro atoms. The summed E-state index contributed by atoms with van der Waals surface area (Å²) in [6, 6.07) is 16.6. The number of rotatable bonds is 6. The Kier molecular flexibility index (Phi) is 6.46. The van der Waals surface area contributed by atoms with E-state index in [1.54, 1.807) is 16.7 Å². The van der Waals surface area contributed by atoms with Crippen LogP contribution in [0.5, 0.6) is 0 Å². The molecule has 5 nitrogen and oxygen atoms in total. The highest BCUT2D eigenvalue weighted by Crippen LogP contribution is 2.27. The average molecular weight is 470 g/mol. The van der Waals surface area contributed by atoms with Gasteiger partial charge in [-0.3, -0.25) is 14.2 Å². The van der Waals surface area contributed by atoms with Crippen LogP contribution in [0.1, 0.15) is 17.4 Å². The summed E-state index contributed by atoms with van der Waals surface area (Å²) in [5.74, 6) is -0.0762. The predicted molar refractivity (Wildman–Crippen MR) is 130 cm³/mol. The van der Waals surface area contributed by atoms with E-state index in [1.165, 1.54) is 23.1 Å². The topological polar surface area (TPSA) is 64.0 Å². The molecule has 2 aromatic heterocycles. The zero-order valence-electron chi connectivity index (χ0n) is 17.0. The maximum Gasteiger partial charge on any atom is 0.267 e. The van der Waals surface area contributed by atoms with E-state index in [1.807, 2.05) is 49.4 Å². The summed E-state index contributed by atoms with van der Waals surface area (Å²) in [6.07, 6.45) is 0.843. The van der Waals surface area contributed by atoms with Crippen LogP contribution in [-0.4, -0.2) is 21.2 Å². The second-order valence-electron chi connectivity index (χ2n) is 6.95. The molecular weight excluding hydrogens is 450 g/mol. The first-order chi connectivity index (χ1) is 15.0. The Morgan fingerprint density at radius 2 is 1.97 bits per heavy atom. The van der Waals surface area contributed by atoms with Gasteiger partial charge in [-0.15, -0.1) is 11.3 Å². The third-order valence-electron chi connectivity index (χ3n) is 4.75. The van der Waals surface area contributed by atoms with Crippen LogP contribution in [-0.2, 0) is 11.2 Å². The van der Waals surface area contributed by atoms with Crippen molar-refractivity contribution in [2.24, 2.45) is 0 Å². The van der Waals surface area contributed by atoms with Gasteiger partial charge in [0.05, 0.1) is 16.8 Å². The average Bonchev–Trinajstić information content (AvgIpc) is 3.19. The largest absolute Gasteiger partial charge is 0.325 e. The predicted octanol–water partition coefficient (Wildman–Crippen LogP) is 5.70. The number of hydrogen-bond donors (Lipinski definition) is 1. The Morgan fingerprint density at radius 3 is 2.71 bits per heavy atom. The minimum atomic E-state index is -0.190. The van der Waals surface area contributed by atoms with E-state index in [0.29, 0.717) is 26.1 Å². The molecule has 158 valence electrons. The van der Waals surface area contributed by atoms with Gasteiger partial charge in [-0.1, -0.05) is 54.6 Å². The van der Waals surface area contributed by atoms with Crippen LogP contribution in [0.3, 0.4) is 0 Å². The summed E-state index contributed by atoms with van der Waals surface area (Å²) in [7, 11) is 0. The van der Waals surface area contributed by atoms with Gasteiger partial charge in [0, 0.05) is 15.6 Å². The number of carbonyl (C=O) groups excluding carboxylic acids is 1. The molecule has 0 aliphatic rings. The van der Waals surface area contributed by atoms with Crippen molar-refractivity contribution in [3.63, 3.8) is 0 Å². The van der Waals surface area contributed by atoms with Gasteiger partial charge in [0.2, 0.25) is 5.91 Å². The number of amides is 1. The molecule has 0 radical (unpaired) electrons. The summed E-state index contributed by atoms with van der Waals surface area (Å²) in [6.45, 7) is 3.96. The van der Waals surface area contributed by atoms with Crippen LogP contribution >= 0.6 is 34.7 Å². The van der Waals surface area contributed by atoms with Crippen LogP contribution < -0.4 is 10.9 Å². The minimum absolute atomic E-state index is 0.114. The molecule has 0 saturated heterocycles. The Morgan fingerprint density at radius 1 is 1.19 bits per heavy atom. The molecule has 1 N–H and O–H groups in total. The summed E-state index contributed by atoms with van der Waals surface area (Å²) < 4.78 is 1.58. The van der Waals surface area contributed by atoms with Gasteiger partial charge < -0.3 is 5.32 Å². The van der Waals surface area contributed by atoms with Crippen molar-refractivity contribution in [1.29, 1.82) is 0 Å². The highest BCUT2D eigenvalue weighted by atomic mass is 35.5. The first-order valence-electron chi connectivity index (χ1n) is 9.76. The molecule has 31 heavy (non-hydrogen) atoms. The fraction of sp³-hybridized carbons (Fsp3) is 0.174. The monoisotopic (exact) mass is 469 g/mol. The standard InChI is InChI=1S/C23H20ClN3O2S2/c1-3-17-12-18-21(31-17)26-23(27(22(18)29)16-7-5-4-6-8-16)30-13-20(28)25-19-11-15(24)10-9-14(19)2/h4-12H,3,13H2,1-2H3,(H,25,28). The van der Waals surface area contributed by atoms with Gasteiger partial charge in [0.15, 0.2) is 5.16 Å². The number of hydrogen-bond acceptors (Lipinski definition) is 5. The van der Waals surface area contributed by atoms with Gasteiger partial charge in [0.1, 0.15) is 4.83 Å². The van der Waals surface area contributed by atoms with E-state index in [-0.39, 0.29) is 17.2 Å². The van der Waals surface area contributed by atoms with E-state index in [2.05, 4.69) is 12.2 Å². The Bertz CT molecular complexity index is 1320. The van der Waals surface area contributed by atoms with Crippen LogP contribution in [0.2, 0.25) is 5.02 Å². The first kappa shape index (κ1) is 21.6. The molecule has 0 aliphatic carbocycles. The number of halogens is 1. The van der Waals surface area contributed by atoms with Crippen molar-refractivity contribution in [2.45, 2.75) is 25.4 Å². The van der Waals surface area contributed by atoms with Crippen molar-refractivity contribution in [3.05, 3.63) is 80.4 Å². The lowest BCUT2D eigenvalue weighted by atomic mass is 10.2.